The van der Waals surface area contributed by atoms with Crippen LogP contribution in [-0.4, -0.2) is 23.1 Å². The summed E-state index contributed by atoms with van der Waals surface area (Å²) in [6, 6.07) is 10.1. The topological polar surface area (TPSA) is 90.5 Å². The maximum Gasteiger partial charge on any atom is 0.307 e. The van der Waals surface area contributed by atoms with E-state index in [0.717, 1.165) is 12.0 Å². The highest BCUT2D eigenvalue weighted by molar-refractivity contribution is 5.91. The van der Waals surface area contributed by atoms with E-state index in [1.54, 1.807) is 0 Å². The van der Waals surface area contributed by atoms with Crippen molar-refractivity contribution in [2.75, 3.05) is 0 Å². The lowest BCUT2D eigenvalue weighted by Crippen LogP contribution is -2.45. The summed E-state index contributed by atoms with van der Waals surface area (Å²) < 4.78 is 0. The van der Waals surface area contributed by atoms with Crippen LogP contribution in [0.2, 0.25) is 0 Å². The van der Waals surface area contributed by atoms with E-state index in [4.69, 9.17) is 5.11 Å². The van der Waals surface area contributed by atoms with Crippen LogP contribution in [0.15, 0.2) is 30.3 Å². The van der Waals surface area contributed by atoms with Gasteiger partial charge in [-0.05, 0) is 11.0 Å². The van der Waals surface area contributed by atoms with Gasteiger partial charge in [-0.1, -0.05) is 44.2 Å². The van der Waals surface area contributed by atoms with Crippen molar-refractivity contribution in [3.63, 3.8) is 0 Å². The third-order valence-electron chi connectivity index (χ3n) is 4.80. The standard InChI is InChI=1S/C16H21N3O3/c1-16(2)12(13(16)15(21)22)14(20)17-11-8-10(18-19-11)9-6-4-3-5-7-9/h3-7,10-13,18-19H,8H2,1-2H3,(H,17,20)(H,21,22). The Morgan fingerprint density at radius 2 is 1.86 bits per heavy atom. The molecule has 1 saturated heterocycles. The molecule has 0 bridgehead atoms. The van der Waals surface area contributed by atoms with E-state index < -0.39 is 23.2 Å². The first-order valence-electron chi connectivity index (χ1n) is 7.50. The van der Waals surface area contributed by atoms with E-state index in [-0.39, 0.29) is 18.1 Å². The number of rotatable bonds is 4. The average Bonchev–Trinajstić information content (AvgIpc) is 2.82. The number of hydrogen-bond donors (Lipinski definition) is 4. The zero-order chi connectivity index (χ0) is 15.9. The first kappa shape index (κ1) is 15.0. The molecule has 2 fully saturated rings. The van der Waals surface area contributed by atoms with E-state index >= 15 is 0 Å². The first-order chi connectivity index (χ1) is 10.4. The van der Waals surface area contributed by atoms with Crippen LogP contribution in [0, 0.1) is 17.3 Å². The second kappa shape index (κ2) is 5.37. The second-order valence-electron chi connectivity index (χ2n) is 6.66. The zero-order valence-electron chi connectivity index (χ0n) is 12.7. The molecule has 1 amide bonds. The maximum absolute atomic E-state index is 12.3. The van der Waals surface area contributed by atoms with Crippen molar-refractivity contribution < 1.29 is 14.7 Å². The van der Waals surface area contributed by atoms with Crippen LogP contribution in [0.25, 0.3) is 0 Å². The second-order valence-corrected chi connectivity index (χ2v) is 6.66. The Kier molecular flexibility index (Phi) is 3.66. The number of carboxylic acid groups (broad SMARTS) is 1. The fraction of sp³-hybridized carbons (Fsp3) is 0.500. The summed E-state index contributed by atoms with van der Waals surface area (Å²) >= 11 is 0. The Morgan fingerprint density at radius 1 is 1.18 bits per heavy atom. The SMILES string of the molecule is CC1(C)C(C(=O)O)C1C(=O)NC1CC(c2ccccc2)NN1. The molecule has 22 heavy (non-hydrogen) atoms. The molecule has 4 N–H and O–H groups in total. The van der Waals surface area contributed by atoms with Gasteiger partial charge in [0.15, 0.2) is 0 Å². The van der Waals surface area contributed by atoms with Gasteiger partial charge in [-0.2, -0.15) is 0 Å². The van der Waals surface area contributed by atoms with Gasteiger partial charge in [-0.25, -0.2) is 10.9 Å². The molecule has 3 rings (SSSR count). The third-order valence-corrected chi connectivity index (χ3v) is 4.80. The van der Waals surface area contributed by atoms with Crippen LogP contribution >= 0.6 is 0 Å². The quantitative estimate of drug-likeness (QED) is 0.667. The van der Waals surface area contributed by atoms with Gasteiger partial charge in [0.05, 0.1) is 18.0 Å². The minimum Gasteiger partial charge on any atom is -0.481 e. The maximum atomic E-state index is 12.3. The highest BCUT2D eigenvalue weighted by Gasteiger charge is 2.66. The van der Waals surface area contributed by atoms with Crippen molar-refractivity contribution in [2.24, 2.45) is 17.3 Å². The number of carbonyl (C=O) groups excluding carboxylic acids is 1. The molecule has 1 aromatic rings. The smallest absolute Gasteiger partial charge is 0.307 e. The summed E-state index contributed by atoms with van der Waals surface area (Å²) in [5.41, 5.74) is 6.91. The van der Waals surface area contributed by atoms with Gasteiger partial charge in [-0.3, -0.25) is 9.59 Å². The molecule has 4 unspecified atom stereocenters. The summed E-state index contributed by atoms with van der Waals surface area (Å²) in [7, 11) is 0. The molecule has 1 saturated carbocycles. The molecule has 2 aliphatic rings. The lowest BCUT2D eigenvalue weighted by molar-refractivity contribution is -0.140. The Labute approximate surface area is 129 Å². The van der Waals surface area contributed by atoms with Crippen molar-refractivity contribution in [2.45, 2.75) is 32.5 Å². The number of nitrogens with one attached hydrogen (secondary N) is 3. The van der Waals surface area contributed by atoms with Crippen molar-refractivity contribution in [1.82, 2.24) is 16.2 Å². The van der Waals surface area contributed by atoms with Crippen LogP contribution in [0.4, 0.5) is 0 Å². The summed E-state index contributed by atoms with van der Waals surface area (Å²) in [6.07, 6.45) is 0.532. The number of carbonyl (C=O) groups is 2. The minimum absolute atomic E-state index is 0.133. The fourth-order valence-corrected chi connectivity index (χ4v) is 3.40. The van der Waals surface area contributed by atoms with Crippen molar-refractivity contribution in [3.05, 3.63) is 35.9 Å². The van der Waals surface area contributed by atoms with Gasteiger partial charge in [0, 0.05) is 12.5 Å². The van der Waals surface area contributed by atoms with Crippen molar-refractivity contribution >= 4 is 11.9 Å². The molecule has 1 heterocycles. The summed E-state index contributed by atoms with van der Waals surface area (Å²) in [5.74, 6) is -2.13. The van der Waals surface area contributed by atoms with E-state index in [1.807, 2.05) is 44.2 Å². The molecular weight excluding hydrogens is 282 g/mol. The first-order valence-corrected chi connectivity index (χ1v) is 7.50. The monoisotopic (exact) mass is 303 g/mol. The number of carboxylic acids is 1. The third kappa shape index (κ3) is 2.60. The van der Waals surface area contributed by atoms with E-state index in [2.05, 4.69) is 16.2 Å². The summed E-state index contributed by atoms with van der Waals surface area (Å²) in [6.45, 7) is 3.65. The van der Waals surface area contributed by atoms with Crippen molar-refractivity contribution in [3.8, 4) is 0 Å². The Balaban J connectivity index is 1.57. The Bertz CT molecular complexity index is 588. The molecule has 6 nitrogen and oxygen atoms in total. The normalized spacial score (nSPS) is 32.5. The number of amides is 1. The summed E-state index contributed by atoms with van der Waals surface area (Å²) in [4.78, 5) is 23.5. The predicted molar refractivity (Wildman–Crippen MR) is 80.4 cm³/mol. The molecule has 0 radical (unpaired) electrons. The Morgan fingerprint density at radius 3 is 2.45 bits per heavy atom. The number of hydrogen-bond acceptors (Lipinski definition) is 4. The molecule has 1 aliphatic carbocycles. The van der Waals surface area contributed by atoms with E-state index in [9.17, 15) is 9.59 Å². The van der Waals surface area contributed by atoms with Gasteiger partial charge in [0.2, 0.25) is 5.91 Å². The molecule has 4 atom stereocenters. The highest BCUT2D eigenvalue weighted by atomic mass is 16.4. The molecule has 0 aromatic heterocycles. The lowest BCUT2D eigenvalue weighted by atomic mass is 10.0. The van der Waals surface area contributed by atoms with Gasteiger partial charge in [0.25, 0.3) is 0 Å². The van der Waals surface area contributed by atoms with Crippen molar-refractivity contribution in [1.29, 1.82) is 0 Å². The fourth-order valence-electron chi connectivity index (χ4n) is 3.40. The number of hydrazine groups is 1. The minimum atomic E-state index is -0.898. The van der Waals surface area contributed by atoms with Crippen LogP contribution < -0.4 is 16.2 Å². The molecular formula is C16H21N3O3. The van der Waals surface area contributed by atoms with E-state index in [0.29, 0.717) is 0 Å². The highest BCUT2D eigenvalue weighted by Crippen LogP contribution is 2.58. The van der Waals surface area contributed by atoms with Crippen LogP contribution in [-0.2, 0) is 9.59 Å². The average molecular weight is 303 g/mol. The molecule has 118 valence electrons. The van der Waals surface area contributed by atoms with Crippen LogP contribution in [0.1, 0.15) is 31.9 Å². The van der Waals surface area contributed by atoms with Gasteiger partial charge < -0.3 is 10.4 Å². The lowest BCUT2D eigenvalue weighted by Gasteiger charge is -2.12. The van der Waals surface area contributed by atoms with Gasteiger partial charge >= 0.3 is 5.97 Å². The molecule has 1 aromatic carbocycles. The number of benzene rings is 1. The molecule has 6 heteroatoms. The molecule has 1 aliphatic heterocycles. The van der Waals surface area contributed by atoms with Crippen LogP contribution in [0.5, 0.6) is 0 Å². The largest absolute Gasteiger partial charge is 0.481 e. The van der Waals surface area contributed by atoms with Crippen LogP contribution in [0.3, 0.4) is 0 Å². The predicted octanol–water partition coefficient (Wildman–Crippen LogP) is 1.02. The Hall–Kier alpha value is -1.92. The number of aliphatic carboxylic acids is 1. The van der Waals surface area contributed by atoms with Gasteiger partial charge in [-0.15, -0.1) is 0 Å². The molecule has 0 spiro atoms. The summed E-state index contributed by atoms with van der Waals surface area (Å²) in [5, 5.41) is 12.1. The van der Waals surface area contributed by atoms with Gasteiger partial charge in [0.1, 0.15) is 0 Å². The van der Waals surface area contributed by atoms with E-state index in [1.165, 1.54) is 0 Å². The zero-order valence-corrected chi connectivity index (χ0v) is 12.7.